The predicted molar refractivity (Wildman–Crippen MR) is 110 cm³/mol. The highest BCUT2D eigenvalue weighted by atomic mass is 32.2. The molecule has 148 valence electrons. The average molecular weight is 401 g/mol. The molecule has 2 amide bonds. The number of carbonyl (C=O) groups is 3. The monoisotopic (exact) mass is 400 g/mol. The zero-order valence-corrected chi connectivity index (χ0v) is 16.9. The fraction of sp³-hybridized carbons (Fsp3) is 0.286. The number of benzene rings is 2. The van der Waals surface area contributed by atoms with Crippen LogP contribution in [-0.4, -0.2) is 35.7 Å². The van der Waals surface area contributed by atoms with Gasteiger partial charge in [0.05, 0.1) is 11.3 Å². The zero-order chi connectivity index (χ0) is 20.5. The Kier molecular flexibility index (Phi) is 8.07. The van der Waals surface area contributed by atoms with Crippen LogP contribution >= 0.6 is 11.8 Å². The van der Waals surface area contributed by atoms with E-state index in [-0.39, 0.29) is 17.7 Å². The highest BCUT2D eigenvalue weighted by Crippen LogP contribution is 2.23. The summed E-state index contributed by atoms with van der Waals surface area (Å²) in [5.74, 6) is -0.949. The number of hydrogen-bond donors (Lipinski definition) is 2. The number of para-hydroxylation sites is 1. The van der Waals surface area contributed by atoms with Gasteiger partial charge in [-0.3, -0.25) is 9.59 Å². The Morgan fingerprint density at radius 1 is 0.964 bits per heavy atom. The molecule has 28 heavy (non-hydrogen) atoms. The first-order valence-corrected chi connectivity index (χ1v) is 9.93. The molecule has 0 aromatic heterocycles. The lowest BCUT2D eigenvalue weighted by molar-refractivity contribution is -0.123. The molecule has 0 heterocycles. The number of thioether (sulfide) groups is 1. The number of hydrogen-bond acceptors (Lipinski definition) is 5. The molecule has 7 heteroatoms. The van der Waals surface area contributed by atoms with Crippen LogP contribution in [0.25, 0.3) is 0 Å². The van der Waals surface area contributed by atoms with Crippen molar-refractivity contribution >= 4 is 35.2 Å². The summed E-state index contributed by atoms with van der Waals surface area (Å²) >= 11 is 1.25. The van der Waals surface area contributed by atoms with Gasteiger partial charge < -0.3 is 15.4 Å². The minimum Gasteiger partial charge on any atom is -0.449 e. The summed E-state index contributed by atoms with van der Waals surface area (Å²) in [4.78, 5) is 37.2. The van der Waals surface area contributed by atoms with Crippen LogP contribution in [0.1, 0.15) is 31.1 Å². The van der Waals surface area contributed by atoms with Crippen LogP contribution < -0.4 is 10.6 Å². The van der Waals surface area contributed by atoms with Gasteiger partial charge in [-0.05, 0) is 45.0 Å². The van der Waals surface area contributed by atoms with E-state index in [4.69, 9.17) is 4.74 Å². The maximum Gasteiger partial charge on any atom is 0.340 e. The van der Waals surface area contributed by atoms with E-state index >= 15 is 0 Å². The van der Waals surface area contributed by atoms with Crippen molar-refractivity contribution in [2.45, 2.75) is 37.8 Å². The summed E-state index contributed by atoms with van der Waals surface area (Å²) in [5, 5.41) is 5.50. The second kappa shape index (κ2) is 10.5. The fourth-order valence-electron chi connectivity index (χ4n) is 2.31. The van der Waals surface area contributed by atoms with Crippen molar-refractivity contribution in [3.8, 4) is 0 Å². The van der Waals surface area contributed by atoms with Gasteiger partial charge in [0, 0.05) is 16.6 Å². The molecule has 1 unspecified atom stereocenters. The second-order valence-corrected chi connectivity index (χ2v) is 7.43. The Morgan fingerprint density at radius 3 is 2.29 bits per heavy atom. The molecule has 0 bridgehead atoms. The van der Waals surface area contributed by atoms with E-state index in [1.165, 1.54) is 18.7 Å². The van der Waals surface area contributed by atoms with Crippen LogP contribution in [-0.2, 0) is 14.3 Å². The number of ether oxygens (including phenoxy) is 1. The Balaban J connectivity index is 1.97. The van der Waals surface area contributed by atoms with Crippen LogP contribution in [0, 0.1) is 0 Å². The lowest BCUT2D eigenvalue weighted by Crippen LogP contribution is -2.31. The predicted octanol–water partition coefficient (Wildman–Crippen LogP) is 3.49. The molecule has 6 nitrogen and oxygen atoms in total. The molecule has 2 N–H and O–H groups in total. The third kappa shape index (κ3) is 6.74. The van der Waals surface area contributed by atoms with Crippen molar-refractivity contribution in [2.24, 2.45) is 0 Å². The number of nitrogens with one attached hydrogen (secondary N) is 2. The molecule has 2 aromatic rings. The van der Waals surface area contributed by atoms with Gasteiger partial charge in [-0.25, -0.2) is 4.79 Å². The molecule has 0 aliphatic heterocycles. The van der Waals surface area contributed by atoms with Gasteiger partial charge in [-0.1, -0.05) is 30.3 Å². The average Bonchev–Trinajstić information content (AvgIpc) is 2.66. The summed E-state index contributed by atoms with van der Waals surface area (Å²) in [6, 6.07) is 15.9. The smallest absolute Gasteiger partial charge is 0.340 e. The highest BCUT2D eigenvalue weighted by molar-refractivity contribution is 8.00. The third-order valence-electron chi connectivity index (χ3n) is 3.61. The lowest BCUT2D eigenvalue weighted by atomic mass is 10.2. The van der Waals surface area contributed by atoms with Crippen molar-refractivity contribution in [1.29, 1.82) is 0 Å². The topological polar surface area (TPSA) is 84.5 Å². The van der Waals surface area contributed by atoms with Gasteiger partial charge in [0.1, 0.15) is 0 Å². The van der Waals surface area contributed by atoms with Crippen molar-refractivity contribution in [3.63, 3.8) is 0 Å². The fourth-order valence-corrected chi connectivity index (χ4v) is 3.16. The van der Waals surface area contributed by atoms with E-state index in [9.17, 15) is 14.4 Å². The van der Waals surface area contributed by atoms with E-state index in [1.54, 1.807) is 48.5 Å². The first kappa shape index (κ1) is 21.5. The van der Waals surface area contributed by atoms with E-state index in [0.717, 1.165) is 0 Å². The summed E-state index contributed by atoms with van der Waals surface area (Å²) < 4.78 is 5.32. The molecule has 2 aromatic carbocycles. The molecule has 0 spiro atoms. The van der Waals surface area contributed by atoms with E-state index in [1.807, 2.05) is 19.9 Å². The van der Waals surface area contributed by atoms with Crippen molar-refractivity contribution < 1.29 is 19.1 Å². The van der Waals surface area contributed by atoms with Gasteiger partial charge >= 0.3 is 5.97 Å². The Morgan fingerprint density at radius 2 is 1.61 bits per heavy atom. The first-order valence-electron chi connectivity index (χ1n) is 8.95. The van der Waals surface area contributed by atoms with Crippen molar-refractivity contribution in [3.05, 3.63) is 60.2 Å². The van der Waals surface area contributed by atoms with Gasteiger partial charge in [-0.2, -0.15) is 0 Å². The number of amides is 2. The Hall–Kier alpha value is -2.80. The van der Waals surface area contributed by atoms with Crippen LogP contribution in [0.4, 0.5) is 5.69 Å². The maximum absolute atomic E-state index is 12.5. The second-order valence-electron chi connectivity index (χ2n) is 6.41. The summed E-state index contributed by atoms with van der Waals surface area (Å²) in [6.45, 7) is 5.29. The highest BCUT2D eigenvalue weighted by Gasteiger charge is 2.21. The summed E-state index contributed by atoms with van der Waals surface area (Å²) in [7, 11) is 0. The molecule has 0 fully saturated rings. The van der Waals surface area contributed by atoms with Gasteiger partial charge in [0.2, 0.25) is 5.91 Å². The molecule has 0 radical (unpaired) electrons. The largest absolute Gasteiger partial charge is 0.449 e. The van der Waals surface area contributed by atoms with Crippen LogP contribution in [0.2, 0.25) is 0 Å². The number of carbonyl (C=O) groups excluding carboxylic acids is 3. The van der Waals surface area contributed by atoms with Gasteiger partial charge in [0.25, 0.3) is 5.91 Å². The molecule has 2 rings (SSSR count). The lowest BCUT2D eigenvalue weighted by Gasteiger charge is -2.15. The van der Waals surface area contributed by atoms with E-state index < -0.39 is 18.0 Å². The van der Waals surface area contributed by atoms with Crippen LogP contribution in [0.15, 0.2) is 59.5 Å². The van der Waals surface area contributed by atoms with Gasteiger partial charge in [0.15, 0.2) is 6.10 Å². The molecule has 0 aliphatic rings. The summed E-state index contributed by atoms with van der Waals surface area (Å²) in [6.07, 6.45) is -0.963. The van der Waals surface area contributed by atoms with Crippen LogP contribution in [0.3, 0.4) is 0 Å². The van der Waals surface area contributed by atoms with Crippen molar-refractivity contribution in [2.75, 3.05) is 11.1 Å². The van der Waals surface area contributed by atoms with Gasteiger partial charge in [-0.15, -0.1) is 11.8 Å². The standard InChI is InChI=1S/C21H24N2O4S/c1-14(2)22-19(24)13-28-18-12-8-7-11-17(18)21(26)27-15(3)20(25)23-16-9-5-4-6-10-16/h4-12,14-15H,13H2,1-3H3,(H,22,24)(H,23,25). The molecular weight excluding hydrogens is 376 g/mol. The van der Waals surface area contributed by atoms with E-state index in [2.05, 4.69) is 10.6 Å². The Labute approximate surface area is 169 Å². The maximum atomic E-state index is 12.5. The number of esters is 1. The minimum atomic E-state index is -0.963. The number of rotatable bonds is 8. The summed E-state index contributed by atoms with van der Waals surface area (Å²) in [5.41, 5.74) is 0.951. The molecule has 0 saturated heterocycles. The third-order valence-corrected chi connectivity index (χ3v) is 4.68. The van der Waals surface area contributed by atoms with E-state index in [0.29, 0.717) is 16.1 Å². The zero-order valence-electron chi connectivity index (χ0n) is 16.1. The SMILES string of the molecule is CC(C)NC(=O)CSc1ccccc1C(=O)OC(C)C(=O)Nc1ccccc1. The first-order chi connectivity index (χ1) is 13.4. The molecule has 1 atom stereocenters. The molecule has 0 saturated carbocycles. The molecule has 0 aliphatic carbocycles. The Bertz CT molecular complexity index is 824. The van der Waals surface area contributed by atoms with Crippen LogP contribution in [0.5, 0.6) is 0 Å². The van der Waals surface area contributed by atoms with Crippen molar-refractivity contribution in [1.82, 2.24) is 5.32 Å². The normalized spacial score (nSPS) is 11.6. The quantitative estimate of drug-likeness (QED) is 0.523. The molecular formula is C21H24N2O4S. The number of anilines is 1. The minimum absolute atomic E-state index is 0.0530.